The Hall–Kier alpha value is -1.18. The first kappa shape index (κ1) is 19.1. The Morgan fingerprint density at radius 1 is 1.17 bits per heavy atom. The Bertz CT molecular complexity index is 422. The summed E-state index contributed by atoms with van der Waals surface area (Å²) in [6.45, 7) is 9.43. The number of nitrogens with zero attached hydrogens (tertiary/aromatic N) is 2. The third-order valence-corrected chi connectivity index (χ3v) is 4.91. The van der Waals surface area contributed by atoms with Crippen LogP contribution in [-0.2, 0) is 14.3 Å². The van der Waals surface area contributed by atoms with Crippen molar-refractivity contribution in [3.63, 3.8) is 0 Å². The fraction of sp³-hybridized carbons (Fsp3) is 0.882. The fourth-order valence-electron chi connectivity index (χ4n) is 3.62. The summed E-state index contributed by atoms with van der Waals surface area (Å²) in [6, 6.07) is 0.161. The van der Waals surface area contributed by atoms with Crippen molar-refractivity contribution in [2.24, 2.45) is 5.41 Å². The van der Waals surface area contributed by atoms with E-state index in [9.17, 15) is 9.59 Å². The van der Waals surface area contributed by atoms with E-state index in [1.807, 2.05) is 18.7 Å². The van der Waals surface area contributed by atoms with Gasteiger partial charge < -0.3 is 20.3 Å². The van der Waals surface area contributed by atoms with Crippen molar-refractivity contribution >= 4 is 11.8 Å². The number of nitrogens with one attached hydrogen (secondary N) is 2. The maximum atomic E-state index is 13.1. The highest BCUT2D eigenvalue weighted by molar-refractivity contribution is 5.83. The van der Waals surface area contributed by atoms with Crippen LogP contribution in [0.25, 0.3) is 0 Å². The van der Waals surface area contributed by atoms with E-state index < -0.39 is 0 Å². The monoisotopic (exact) mass is 340 g/mol. The van der Waals surface area contributed by atoms with E-state index in [0.717, 1.165) is 39.0 Å². The standard InChI is InChI=1S/C17H32N4O3/c1-14(2)19-15(22)12-20-8-10-21(11-9-20)16(23)17(13-24-3)4-6-18-7-5-17/h14,18H,4-13H2,1-3H3,(H,19,22). The molecular formula is C17H32N4O3. The van der Waals surface area contributed by atoms with Crippen LogP contribution in [0, 0.1) is 5.41 Å². The summed E-state index contributed by atoms with van der Waals surface area (Å²) >= 11 is 0. The predicted molar refractivity (Wildman–Crippen MR) is 92.7 cm³/mol. The number of amides is 2. The van der Waals surface area contributed by atoms with E-state index in [4.69, 9.17) is 4.74 Å². The van der Waals surface area contributed by atoms with Crippen LogP contribution in [0.2, 0.25) is 0 Å². The first-order valence-electron chi connectivity index (χ1n) is 8.97. The number of ether oxygens (including phenoxy) is 1. The van der Waals surface area contributed by atoms with Gasteiger partial charge in [-0.05, 0) is 39.8 Å². The Kier molecular flexibility index (Phi) is 7.01. The Morgan fingerprint density at radius 2 is 1.79 bits per heavy atom. The second-order valence-electron chi connectivity index (χ2n) is 7.25. The third kappa shape index (κ3) is 4.91. The number of rotatable bonds is 6. The van der Waals surface area contributed by atoms with Crippen molar-refractivity contribution in [3.05, 3.63) is 0 Å². The SMILES string of the molecule is COCC1(C(=O)N2CCN(CC(=O)NC(C)C)CC2)CCNCC1. The van der Waals surface area contributed by atoms with Gasteiger partial charge in [-0.2, -0.15) is 0 Å². The van der Waals surface area contributed by atoms with Crippen LogP contribution in [0.15, 0.2) is 0 Å². The van der Waals surface area contributed by atoms with Crippen LogP contribution >= 0.6 is 0 Å². The van der Waals surface area contributed by atoms with Crippen LogP contribution in [-0.4, -0.2) is 87.2 Å². The molecule has 2 N–H and O–H groups in total. The van der Waals surface area contributed by atoms with Crippen molar-refractivity contribution in [1.29, 1.82) is 0 Å². The van der Waals surface area contributed by atoms with Crippen LogP contribution in [0.3, 0.4) is 0 Å². The smallest absolute Gasteiger partial charge is 0.234 e. The largest absolute Gasteiger partial charge is 0.384 e. The van der Waals surface area contributed by atoms with Gasteiger partial charge in [-0.15, -0.1) is 0 Å². The van der Waals surface area contributed by atoms with Gasteiger partial charge in [0.05, 0.1) is 18.6 Å². The summed E-state index contributed by atoms with van der Waals surface area (Å²) in [5, 5.41) is 6.23. The summed E-state index contributed by atoms with van der Waals surface area (Å²) in [5.41, 5.74) is -0.378. The maximum Gasteiger partial charge on any atom is 0.234 e. The average molecular weight is 340 g/mol. The molecule has 0 aromatic carbocycles. The Labute approximate surface area is 145 Å². The molecule has 0 spiro atoms. The molecule has 2 saturated heterocycles. The molecule has 0 saturated carbocycles. The van der Waals surface area contributed by atoms with Gasteiger partial charge in [-0.3, -0.25) is 14.5 Å². The van der Waals surface area contributed by atoms with E-state index in [-0.39, 0.29) is 23.3 Å². The molecule has 0 aromatic rings. The molecule has 0 atom stereocenters. The zero-order chi connectivity index (χ0) is 17.6. The quantitative estimate of drug-likeness (QED) is 0.693. The minimum atomic E-state index is -0.378. The summed E-state index contributed by atoms with van der Waals surface area (Å²) in [4.78, 5) is 29.0. The zero-order valence-electron chi connectivity index (χ0n) is 15.3. The van der Waals surface area contributed by atoms with E-state index in [1.165, 1.54) is 0 Å². The number of piperazine rings is 1. The topological polar surface area (TPSA) is 73.9 Å². The molecule has 0 unspecified atom stereocenters. The molecular weight excluding hydrogens is 308 g/mol. The molecule has 0 aromatic heterocycles. The number of hydrogen-bond donors (Lipinski definition) is 2. The molecule has 2 aliphatic heterocycles. The lowest BCUT2D eigenvalue weighted by atomic mass is 9.78. The number of piperidine rings is 1. The highest BCUT2D eigenvalue weighted by Crippen LogP contribution is 2.32. The minimum absolute atomic E-state index is 0.0546. The molecule has 2 fully saturated rings. The molecule has 0 aliphatic carbocycles. The Balaban J connectivity index is 1.86. The highest BCUT2D eigenvalue weighted by Gasteiger charge is 2.42. The van der Waals surface area contributed by atoms with E-state index in [0.29, 0.717) is 26.2 Å². The zero-order valence-corrected chi connectivity index (χ0v) is 15.3. The van der Waals surface area contributed by atoms with Gasteiger partial charge >= 0.3 is 0 Å². The predicted octanol–water partition coefficient (Wildman–Crippen LogP) is -0.329. The molecule has 7 heteroatoms. The van der Waals surface area contributed by atoms with E-state index >= 15 is 0 Å². The van der Waals surface area contributed by atoms with E-state index in [2.05, 4.69) is 15.5 Å². The van der Waals surface area contributed by atoms with Gasteiger partial charge in [-0.1, -0.05) is 0 Å². The second-order valence-corrected chi connectivity index (χ2v) is 7.25. The molecule has 2 amide bonds. The first-order chi connectivity index (χ1) is 11.5. The van der Waals surface area contributed by atoms with E-state index in [1.54, 1.807) is 7.11 Å². The summed E-state index contributed by atoms with van der Waals surface area (Å²) in [6.07, 6.45) is 1.66. The summed E-state index contributed by atoms with van der Waals surface area (Å²) in [7, 11) is 1.67. The van der Waals surface area contributed by atoms with Gasteiger partial charge in [-0.25, -0.2) is 0 Å². The van der Waals surface area contributed by atoms with Crippen molar-refractivity contribution in [2.75, 3.05) is 59.5 Å². The summed E-state index contributed by atoms with van der Waals surface area (Å²) < 4.78 is 5.37. The Morgan fingerprint density at radius 3 is 2.33 bits per heavy atom. The normalized spacial score (nSPS) is 21.8. The second kappa shape index (κ2) is 8.78. The molecule has 2 rings (SSSR count). The van der Waals surface area contributed by atoms with Gasteiger partial charge in [0.15, 0.2) is 0 Å². The highest BCUT2D eigenvalue weighted by atomic mass is 16.5. The summed E-state index contributed by atoms with van der Waals surface area (Å²) in [5.74, 6) is 0.274. The minimum Gasteiger partial charge on any atom is -0.384 e. The van der Waals surface area contributed by atoms with Crippen LogP contribution < -0.4 is 10.6 Å². The number of carbonyl (C=O) groups is 2. The lowest BCUT2D eigenvalue weighted by Gasteiger charge is -2.42. The van der Waals surface area contributed by atoms with Crippen molar-refractivity contribution in [1.82, 2.24) is 20.4 Å². The first-order valence-corrected chi connectivity index (χ1v) is 8.97. The fourth-order valence-corrected chi connectivity index (χ4v) is 3.62. The molecule has 138 valence electrons. The molecule has 2 heterocycles. The van der Waals surface area contributed by atoms with Gasteiger partial charge in [0.25, 0.3) is 0 Å². The molecule has 2 aliphatic rings. The molecule has 0 radical (unpaired) electrons. The van der Waals surface area contributed by atoms with Crippen LogP contribution in [0.5, 0.6) is 0 Å². The number of carbonyl (C=O) groups excluding carboxylic acids is 2. The van der Waals surface area contributed by atoms with Gasteiger partial charge in [0, 0.05) is 39.3 Å². The van der Waals surface area contributed by atoms with Crippen molar-refractivity contribution in [2.45, 2.75) is 32.7 Å². The number of hydrogen-bond acceptors (Lipinski definition) is 5. The molecule has 7 nitrogen and oxygen atoms in total. The lowest BCUT2D eigenvalue weighted by Crippen LogP contribution is -2.57. The lowest BCUT2D eigenvalue weighted by molar-refractivity contribution is -0.149. The van der Waals surface area contributed by atoms with Gasteiger partial charge in [0.2, 0.25) is 11.8 Å². The van der Waals surface area contributed by atoms with Gasteiger partial charge in [0.1, 0.15) is 0 Å². The molecule has 0 bridgehead atoms. The van der Waals surface area contributed by atoms with Crippen molar-refractivity contribution in [3.8, 4) is 0 Å². The average Bonchev–Trinajstić information content (AvgIpc) is 2.55. The third-order valence-electron chi connectivity index (χ3n) is 4.91. The van der Waals surface area contributed by atoms with Crippen LogP contribution in [0.1, 0.15) is 26.7 Å². The number of methoxy groups -OCH3 is 1. The van der Waals surface area contributed by atoms with Crippen LogP contribution in [0.4, 0.5) is 0 Å². The molecule has 24 heavy (non-hydrogen) atoms. The maximum absolute atomic E-state index is 13.1. The van der Waals surface area contributed by atoms with Crippen molar-refractivity contribution < 1.29 is 14.3 Å².